The minimum absolute atomic E-state index is 0.0303. The van der Waals surface area contributed by atoms with Crippen molar-refractivity contribution in [3.05, 3.63) is 23.8 Å². The highest BCUT2D eigenvalue weighted by Gasteiger charge is 2.26. The highest BCUT2D eigenvalue weighted by atomic mass is 19.4. The quantitative estimate of drug-likeness (QED) is 0.870. The molecular weight excluding hydrogens is 255 g/mol. The topological polar surface area (TPSA) is 21.3 Å². The van der Waals surface area contributed by atoms with Crippen LogP contribution in [0.5, 0.6) is 5.75 Å². The van der Waals surface area contributed by atoms with Gasteiger partial charge in [0.15, 0.2) is 0 Å². The minimum Gasteiger partial charge on any atom is -0.493 e. The fourth-order valence-electron chi connectivity index (χ4n) is 2.24. The lowest BCUT2D eigenvalue weighted by Crippen LogP contribution is -2.16. The van der Waals surface area contributed by atoms with Crippen LogP contribution in [0.15, 0.2) is 18.2 Å². The van der Waals surface area contributed by atoms with Crippen LogP contribution in [0.25, 0.3) is 0 Å². The molecule has 1 heterocycles. The molecule has 1 atom stereocenters. The van der Waals surface area contributed by atoms with E-state index in [0.717, 1.165) is 23.4 Å². The number of fused-ring (bicyclic) bond motifs is 1. The molecule has 0 bridgehead atoms. The van der Waals surface area contributed by atoms with Crippen LogP contribution in [-0.4, -0.2) is 18.8 Å². The Bertz CT molecular complexity index is 431. The molecule has 0 fully saturated rings. The lowest BCUT2D eigenvalue weighted by molar-refractivity contribution is -0.135. The number of alkyl halides is 3. The number of nitrogens with one attached hydrogen (secondary N) is 1. The lowest BCUT2D eigenvalue weighted by atomic mass is 10.1. The predicted molar refractivity (Wildman–Crippen MR) is 68.6 cm³/mol. The Labute approximate surface area is 111 Å². The fraction of sp³-hybridized carbons (Fsp3) is 0.571. The van der Waals surface area contributed by atoms with Gasteiger partial charge in [0, 0.05) is 24.6 Å². The largest absolute Gasteiger partial charge is 0.493 e. The van der Waals surface area contributed by atoms with Crippen LogP contribution in [0.3, 0.4) is 0 Å². The van der Waals surface area contributed by atoms with Gasteiger partial charge >= 0.3 is 6.18 Å². The summed E-state index contributed by atoms with van der Waals surface area (Å²) in [7, 11) is 0. The van der Waals surface area contributed by atoms with Gasteiger partial charge in [-0.15, -0.1) is 0 Å². The second-order valence-corrected chi connectivity index (χ2v) is 4.97. The van der Waals surface area contributed by atoms with Crippen molar-refractivity contribution in [1.82, 2.24) is 0 Å². The third kappa shape index (κ3) is 4.33. The van der Waals surface area contributed by atoms with Crippen molar-refractivity contribution in [2.45, 2.75) is 44.8 Å². The van der Waals surface area contributed by atoms with Gasteiger partial charge in [-0.2, -0.15) is 13.2 Å². The average Bonchev–Trinajstić information content (AvgIpc) is 2.74. The van der Waals surface area contributed by atoms with E-state index in [2.05, 4.69) is 5.32 Å². The van der Waals surface area contributed by atoms with Crippen molar-refractivity contribution >= 4 is 5.69 Å². The summed E-state index contributed by atoms with van der Waals surface area (Å²) in [6.07, 6.45) is -3.20. The summed E-state index contributed by atoms with van der Waals surface area (Å²) in [6.45, 7) is 2.61. The molecule has 0 saturated heterocycles. The number of ether oxygens (including phenoxy) is 1. The molecule has 0 radical (unpaired) electrons. The van der Waals surface area contributed by atoms with Crippen LogP contribution in [0, 0.1) is 0 Å². The van der Waals surface area contributed by atoms with Crippen LogP contribution < -0.4 is 10.1 Å². The molecule has 1 aromatic rings. The molecule has 1 aliphatic rings. The van der Waals surface area contributed by atoms with Gasteiger partial charge in [0.2, 0.25) is 0 Å². The maximum absolute atomic E-state index is 12.0. The van der Waals surface area contributed by atoms with Crippen molar-refractivity contribution in [3.8, 4) is 5.75 Å². The summed E-state index contributed by atoms with van der Waals surface area (Å²) in [5.74, 6) is 0.912. The van der Waals surface area contributed by atoms with Crippen molar-refractivity contribution in [3.63, 3.8) is 0 Å². The zero-order chi connectivity index (χ0) is 13.9. The van der Waals surface area contributed by atoms with Crippen molar-refractivity contribution in [2.24, 2.45) is 0 Å². The van der Waals surface area contributed by atoms with Gasteiger partial charge < -0.3 is 10.1 Å². The van der Waals surface area contributed by atoms with E-state index >= 15 is 0 Å². The molecule has 0 saturated carbocycles. The normalized spacial score (nSPS) is 15.8. The smallest absolute Gasteiger partial charge is 0.389 e. The van der Waals surface area contributed by atoms with Crippen molar-refractivity contribution < 1.29 is 17.9 Å². The summed E-state index contributed by atoms with van der Waals surface area (Å²) >= 11 is 0. The number of rotatable bonds is 5. The molecule has 2 rings (SSSR count). The van der Waals surface area contributed by atoms with Crippen molar-refractivity contribution in [2.75, 3.05) is 11.9 Å². The molecule has 1 N–H and O–H groups in total. The van der Waals surface area contributed by atoms with Crippen LogP contribution in [0.1, 0.15) is 31.7 Å². The summed E-state index contributed by atoms with van der Waals surface area (Å²) in [6, 6.07) is 5.86. The van der Waals surface area contributed by atoms with E-state index in [1.54, 1.807) is 0 Å². The van der Waals surface area contributed by atoms with E-state index < -0.39 is 12.6 Å². The van der Waals surface area contributed by atoms with Crippen LogP contribution >= 0.6 is 0 Å². The van der Waals surface area contributed by atoms with Gasteiger partial charge in [0.05, 0.1) is 6.61 Å². The van der Waals surface area contributed by atoms with E-state index in [4.69, 9.17) is 4.74 Å². The summed E-state index contributed by atoms with van der Waals surface area (Å²) < 4.78 is 41.6. The maximum Gasteiger partial charge on any atom is 0.389 e. The minimum atomic E-state index is -4.05. The first-order valence-electron chi connectivity index (χ1n) is 6.53. The Morgan fingerprint density at radius 2 is 2.16 bits per heavy atom. The molecule has 106 valence electrons. The number of halogens is 3. The summed E-state index contributed by atoms with van der Waals surface area (Å²) in [4.78, 5) is 0. The van der Waals surface area contributed by atoms with Crippen LogP contribution in [0.4, 0.5) is 18.9 Å². The van der Waals surface area contributed by atoms with Gasteiger partial charge in [0.25, 0.3) is 0 Å². The van der Waals surface area contributed by atoms with Gasteiger partial charge in [-0.05, 0) is 43.5 Å². The lowest BCUT2D eigenvalue weighted by Gasteiger charge is -2.16. The molecular formula is C14H18F3NO. The third-order valence-electron chi connectivity index (χ3n) is 3.20. The predicted octanol–water partition coefficient (Wildman–Crippen LogP) is 4.15. The van der Waals surface area contributed by atoms with Gasteiger partial charge in [-0.1, -0.05) is 0 Å². The standard InChI is InChI=1S/C14H18F3NO/c1-10(3-2-7-14(15,16)17)18-12-4-5-13-11(9-12)6-8-19-13/h4-5,9-10,18H,2-3,6-8H2,1H3. The SMILES string of the molecule is CC(CCCC(F)(F)F)Nc1ccc2c(c1)CCO2. The number of anilines is 1. The number of hydrogen-bond donors (Lipinski definition) is 1. The number of benzene rings is 1. The van der Waals surface area contributed by atoms with E-state index in [1.165, 1.54) is 0 Å². The molecule has 5 heteroatoms. The fourth-order valence-corrected chi connectivity index (χ4v) is 2.24. The Hall–Kier alpha value is -1.39. The molecule has 0 aliphatic carbocycles. The first-order chi connectivity index (χ1) is 8.94. The molecule has 0 amide bonds. The second-order valence-electron chi connectivity index (χ2n) is 4.97. The highest BCUT2D eigenvalue weighted by molar-refractivity contribution is 5.52. The zero-order valence-corrected chi connectivity index (χ0v) is 10.9. The highest BCUT2D eigenvalue weighted by Crippen LogP contribution is 2.28. The maximum atomic E-state index is 12.0. The van der Waals surface area contributed by atoms with Crippen LogP contribution in [0.2, 0.25) is 0 Å². The molecule has 2 nitrogen and oxygen atoms in total. The van der Waals surface area contributed by atoms with Gasteiger partial charge in [-0.3, -0.25) is 0 Å². The molecule has 1 unspecified atom stereocenters. The molecule has 1 aliphatic heterocycles. The number of hydrogen-bond acceptors (Lipinski definition) is 2. The molecule has 0 aromatic heterocycles. The summed E-state index contributed by atoms with van der Waals surface area (Å²) in [5, 5.41) is 3.23. The van der Waals surface area contributed by atoms with Gasteiger partial charge in [-0.25, -0.2) is 0 Å². The second kappa shape index (κ2) is 5.72. The first kappa shape index (κ1) is 14.0. The van der Waals surface area contributed by atoms with E-state index in [0.29, 0.717) is 13.0 Å². The third-order valence-corrected chi connectivity index (χ3v) is 3.20. The van der Waals surface area contributed by atoms with E-state index in [9.17, 15) is 13.2 Å². The zero-order valence-electron chi connectivity index (χ0n) is 10.9. The van der Waals surface area contributed by atoms with E-state index in [1.807, 2.05) is 25.1 Å². The van der Waals surface area contributed by atoms with Crippen LogP contribution in [-0.2, 0) is 6.42 Å². The monoisotopic (exact) mass is 273 g/mol. The molecule has 1 aromatic carbocycles. The van der Waals surface area contributed by atoms with Crippen molar-refractivity contribution in [1.29, 1.82) is 0 Å². The Morgan fingerprint density at radius 1 is 1.37 bits per heavy atom. The van der Waals surface area contributed by atoms with E-state index in [-0.39, 0.29) is 12.5 Å². The Kier molecular flexibility index (Phi) is 4.22. The first-order valence-corrected chi connectivity index (χ1v) is 6.53. The Morgan fingerprint density at radius 3 is 2.89 bits per heavy atom. The van der Waals surface area contributed by atoms with Gasteiger partial charge in [0.1, 0.15) is 5.75 Å². The summed E-state index contributed by atoms with van der Waals surface area (Å²) in [5.41, 5.74) is 2.11. The Balaban J connectivity index is 1.80. The molecule has 19 heavy (non-hydrogen) atoms. The average molecular weight is 273 g/mol. The molecule has 0 spiro atoms.